The number of benzene rings is 2. The van der Waals surface area contributed by atoms with Crippen LogP contribution < -0.4 is 10.0 Å². The molecule has 0 aliphatic carbocycles. The first-order valence-electron chi connectivity index (χ1n) is 6.80. The van der Waals surface area contributed by atoms with Crippen LogP contribution in [-0.2, 0) is 10.0 Å². The minimum absolute atomic E-state index is 0.0418. The molecule has 0 saturated heterocycles. The van der Waals surface area contributed by atoms with Gasteiger partial charge in [0.15, 0.2) is 0 Å². The molecule has 0 heterocycles. The second kappa shape index (κ2) is 7.70. The van der Waals surface area contributed by atoms with E-state index in [0.29, 0.717) is 5.02 Å². The number of carbonyl (C=O) groups is 1. The number of hydrogen-bond acceptors (Lipinski definition) is 3. The molecule has 0 fully saturated rings. The summed E-state index contributed by atoms with van der Waals surface area (Å²) in [5.41, 5.74) is 0.500. The molecule has 2 aromatic rings. The first kappa shape index (κ1) is 18.3. The molecule has 0 aliphatic heterocycles. The quantitative estimate of drug-likeness (QED) is 0.745. The molecule has 0 saturated carbocycles. The second-order valence-corrected chi connectivity index (χ2v) is 7.26. The van der Waals surface area contributed by atoms with Gasteiger partial charge in [0.1, 0.15) is 0 Å². The predicted molar refractivity (Wildman–Crippen MR) is 96.2 cm³/mol. The Kier molecular flexibility index (Phi) is 5.88. The minimum Gasteiger partial charge on any atom is -0.349 e. The van der Waals surface area contributed by atoms with E-state index in [1.165, 1.54) is 48.5 Å². The molecule has 0 bridgehead atoms. The maximum Gasteiger partial charge on any atom is 0.261 e. The molecule has 0 atom stereocenters. The van der Waals surface area contributed by atoms with Crippen molar-refractivity contribution in [2.45, 2.75) is 4.90 Å². The highest BCUT2D eigenvalue weighted by Gasteiger charge is 2.17. The highest BCUT2D eigenvalue weighted by molar-refractivity contribution is 7.92. The van der Waals surface area contributed by atoms with Crippen molar-refractivity contribution in [3.8, 4) is 0 Å². The molecular formula is C16H14Cl2N2O3S. The van der Waals surface area contributed by atoms with Gasteiger partial charge in [0, 0.05) is 12.1 Å². The zero-order valence-electron chi connectivity index (χ0n) is 12.4. The number of carbonyl (C=O) groups excluding carboxylic acids is 1. The van der Waals surface area contributed by atoms with Crippen LogP contribution in [0.4, 0.5) is 5.69 Å². The molecular weight excluding hydrogens is 371 g/mol. The maximum absolute atomic E-state index is 12.5. The van der Waals surface area contributed by atoms with Crippen LogP contribution in [0.15, 0.2) is 60.0 Å². The van der Waals surface area contributed by atoms with Crippen LogP contribution in [0, 0.1) is 0 Å². The van der Waals surface area contributed by atoms with Gasteiger partial charge in [0.25, 0.3) is 15.9 Å². The number of anilines is 1. The Morgan fingerprint density at radius 2 is 1.88 bits per heavy atom. The van der Waals surface area contributed by atoms with Crippen molar-refractivity contribution in [1.82, 2.24) is 5.32 Å². The minimum atomic E-state index is -3.87. The second-order valence-electron chi connectivity index (χ2n) is 4.76. The first-order valence-corrected chi connectivity index (χ1v) is 9.04. The van der Waals surface area contributed by atoms with E-state index in [4.69, 9.17) is 23.2 Å². The zero-order chi connectivity index (χ0) is 17.7. The lowest BCUT2D eigenvalue weighted by Gasteiger charge is -2.10. The van der Waals surface area contributed by atoms with Crippen molar-refractivity contribution >= 4 is 44.8 Å². The zero-order valence-corrected chi connectivity index (χ0v) is 14.8. The van der Waals surface area contributed by atoms with Crippen LogP contribution in [0.1, 0.15) is 10.4 Å². The Morgan fingerprint density at radius 3 is 2.54 bits per heavy atom. The molecule has 0 aliphatic rings. The number of sulfonamides is 1. The number of rotatable bonds is 6. The van der Waals surface area contributed by atoms with Crippen molar-refractivity contribution in [2.24, 2.45) is 0 Å². The largest absolute Gasteiger partial charge is 0.349 e. The SMILES string of the molecule is C=CCNC(=O)c1cccc(S(=O)(=O)Nc2ccc(Cl)c(Cl)c2)c1. The molecule has 0 radical (unpaired) electrons. The number of halogens is 2. The smallest absolute Gasteiger partial charge is 0.261 e. The molecule has 24 heavy (non-hydrogen) atoms. The predicted octanol–water partition coefficient (Wildman–Crippen LogP) is 3.71. The Bertz CT molecular complexity index is 883. The molecule has 0 aromatic heterocycles. The summed E-state index contributed by atoms with van der Waals surface area (Å²) in [6, 6.07) is 10.1. The van der Waals surface area contributed by atoms with Crippen molar-refractivity contribution < 1.29 is 13.2 Å². The Hall–Kier alpha value is -2.02. The van der Waals surface area contributed by atoms with Gasteiger partial charge in [0.05, 0.1) is 20.6 Å². The van der Waals surface area contributed by atoms with Gasteiger partial charge in [-0.05, 0) is 36.4 Å². The molecule has 5 nitrogen and oxygen atoms in total. The van der Waals surface area contributed by atoms with E-state index in [1.807, 2.05) is 0 Å². The van der Waals surface area contributed by atoms with Gasteiger partial charge in [-0.25, -0.2) is 8.42 Å². The molecule has 0 spiro atoms. The summed E-state index contributed by atoms with van der Waals surface area (Å²) in [5.74, 6) is -0.388. The Labute approximate surface area is 150 Å². The average molecular weight is 385 g/mol. The fraction of sp³-hybridized carbons (Fsp3) is 0.0625. The normalized spacial score (nSPS) is 10.9. The van der Waals surface area contributed by atoms with E-state index in [9.17, 15) is 13.2 Å². The highest BCUT2D eigenvalue weighted by atomic mass is 35.5. The summed E-state index contributed by atoms with van der Waals surface area (Å²) in [4.78, 5) is 11.9. The van der Waals surface area contributed by atoms with Crippen molar-refractivity contribution in [2.75, 3.05) is 11.3 Å². The van der Waals surface area contributed by atoms with Gasteiger partial charge in [0.2, 0.25) is 0 Å². The number of nitrogens with one attached hydrogen (secondary N) is 2. The van der Waals surface area contributed by atoms with Crippen LogP contribution in [-0.4, -0.2) is 20.9 Å². The molecule has 8 heteroatoms. The summed E-state index contributed by atoms with van der Waals surface area (Å²) >= 11 is 11.7. The summed E-state index contributed by atoms with van der Waals surface area (Å²) in [7, 11) is -3.87. The molecule has 2 N–H and O–H groups in total. The van der Waals surface area contributed by atoms with E-state index in [2.05, 4.69) is 16.6 Å². The van der Waals surface area contributed by atoms with E-state index >= 15 is 0 Å². The van der Waals surface area contributed by atoms with Crippen LogP contribution >= 0.6 is 23.2 Å². The molecule has 2 rings (SSSR count). The third kappa shape index (κ3) is 4.50. The topological polar surface area (TPSA) is 75.3 Å². The van der Waals surface area contributed by atoms with Gasteiger partial charge in [-0.1, -0.05) is 35.3 Å². The summed E-state index contributed by atoms with van der Waals surface area (Å²) in [5, 5.41) is 3.14. The monoisotopic (exact) mass is 384 g/mol. The van der Waals surface area contributed by atoms with Crippen LogP contribution in [0.3, 0.4) is 0 Å². The van der Waals surface area contributed by atoms with E-state index in [1.54, 1.807) is 0 Å². The van der Waals surface area contributed by atoms with E-state index in [0.717, 1.165) is 0 Å². The molecule has 126 valence electrons. The Balaban J connectivity index is 2.27. The lowest BCUT2D eigenvalue weighted by molar-refractivity contribution is 0.0958. The van der Waals surface area contributed by atoms with Crippen LogP contribution in [0.2, 0.25) is 10.0 Å². The third-order valence-corrected chi connectivity index (χ3v) is 5.10. The first-order chi connectivity index (χ1) is 11.3. The average Bonchev–Trinajstić information content (AvgIpc) is 2.56. The maximum atomic E-state index is 12.5. The molecule has 0 unspecified atom stereocenters. The highest BCUT2D eigenvalue weighted by Crippen LogP contribution is 2.26. The fourth-order valence-electron chi connectivity index (χ4n) is 1.85. The molecule has 1 amide bonds. The van der Waals surface area contributed by atoms with Crippen molar-refractivity contribution in [1.29, 1.82) is 0 Å². The van der Waals surface area contributed by atoms with Gasteiger partial charge < -0.3 is 5.32 Å². The number of amides is 1. The van der Waals surface area contributed by atoms with Gasteiger partial charge in [-0.3, -0.25) is 9.52 Å². The lowest BCUT2D eigenvalue weighted by atomic mass is 10.2. The van der Waals surface area contributed by atoms with E-state index < -0.39 is 10.0 Å². The van der Waals surface area contributed by atoms with Gasteiger partial charge >= 0.3 is 0 Å². The standard InChI is InChI=1S/C16H14Cl2N2O3S/c1-2-8-19-16(21)11-4-3-5-13(9-11)24(22,23)20-12-6-7-14(17)15(18)10-12/h2-7,9-10,20H,1,8H2,(H,19,21). The molecule has 2 aromatic carbocycles. The summed E-state index contributed by atoms with van der Waals surface area (Å²) in [6.07, 6.45) is 1.53. The summed E-state index contributed by atoms with van der Waals surface area (Å²) in [6.45, 7) is 3.79. The van der Waals surface area contributed by atoms with Crippen LogP contribution in [0.25, 0.3) is 0 Å². The van der Waals surface area contributed by atoms with Gasteiger partial charge in [-0.15, -0.1) is 6.58 Å². The third-order valence-electron chi connectivity index (χ3n) is 2.99. The van der Waals surface area contributed by atoms with Crippen LogP contribution in [0.5, 0.6) is 0 Å². The summed E-state index contributed by atoms with van der Waals surface area (Å²) < 4.78 is 27.3. The fourth-order valence-corrected chi connectivity index (χ4v) is 3.24. The van der Waals surface area contributed by atoms with Gasteiger partial charge in [-0.2, -0.15) is 0 Å². The lowest BCUT2D eigenvalue weighted by Crippen LogP contribution is -2.23. The van der Waals surface area contributed by atoms with E-state index in [-0.39, 0.29) is 33.6 Å². The number of hydrogen-bond donors (Lipinski definition) is 2. The van der Waals surface area contributed by atoms with Crippen molar-refractivity contribution in [3.63, 3.8) is 0 Å². The Morgan fingerprint density at radius 1 is 1.12 bits per heavy atom. The van der Waals surface area contributed by atoms with Crippen molar-refractivity contribution in [3.05, 3.63) is 70.7 Å².